The zero-order valence-corrected chi connectivity index (χ0v) is 9.27. The Morgan fingerprint density at radius 1 is 1.50 bits per heavy atom. The van der Waals surface area contributed by atoms with Gasteiger partial charge in [0.1, 0.15) is 5.69 Å². The highest BCUT2D eigenvalue weighted by Gasteiger charge is 2.12. The van der Waals surface area contributed by atoms with Crippen LogP contribution in [0.2, 0.25) is 5.28 Å². The van der Waals surface area contributed by atoms with Crippen LogP contribution in [-0.4, -0.2) is 20.4 Å². The first-order valence-corrected chi connectivity index (χ1v) is 4.95. The maximum Gasteiger partial charge on any atom is 0.274 e. The fraction of sp³-hybridized carbons (Fsp3) is 0.100. The van der Waals surface area contributed by atoms with Gasteiger partial charge in [-0.3, -0.25) is 9.78 Å². The number of carbonyl (C=O) groups excluding carboxylic acids is 1. The lowest BCUT2D eigenvalue weighted by Gasteiger charge is -2.04. The molecule has 2 heterocycles. The maximum atomic E-state index is 11.8. The number of anilines is 1. The number of halogens is 1. The Morgan fingerprint density at radius 2 is 2.31 bits per heavy atom. The molecule has 82 valence electrons. The molecule has 0 bridgehead atoms. The molecule has 16 heavy (non-hydrogen) atoms. The fourth-order valence-corrected chi connectivity index (χ4v) is 1.37. The van der Waals surface area contributed by atoms with E-state index in [4.69, 9.17) is 11.6 Å². The summed E-state index contributed by atoms with van der Waals surface area (Å²) in [7, 11) is 1.67. The number of nitrogens with zero attached hydrogens (tertiary/aromatic N) is 3. The van der Waals surface area contributed by atoms with Gasteiger partial charge in [-0.2, -0.15) is 0 Å². The number of hydrogen-bond donors (Lipinski definition) is 1. The Morgan fingerprint density at radius 3 is 2.88 bits per heavy atom. The number of pyridine rings is 1. The van der Waals surface area contributed by atoms with Gasteiger partial charge in [-0.1, -0.05) is 0 Å². The van der Waals surface area contributed by atoms with Gasteiger partial charge in [0, 0.05) is 13.2 Å². The molecular weight excluding hydrogens is 228 g/mol. The van der Waals surface area contributed by atoms with Gasteiger partial charge >= 0.3 is 0 Å². The lowest BCUT2D eigenvalue weighted by Crippen LogP contribution is -2.15. The molecule has 0 atom stereocenters. The van der Waals surface area contributed by atoms with Crippen molar-refractivity contribution in [3.8, 4) is 0 Å². The van der Waals surface area contributed by atoms with E-state index >= 15 is 0 Å². The summed E-state index contributed by atoms with van der Waals surface area (Å²) >= 11 is 5.74. The van der Waals surface area contributed by atoms with E-state index in [0.717, 1.165) is 0 Å². The van der Waals surface area contributed by atoms with Crippen molar-refractivity contribution in [3.63, 3.8) is 0 Å². The topological polar surface area (TPSA) is 59.8 Å². The van der Waals surface area contributed by atoms with Crippen LogP contribution in [0.5, 0.6) is 0 Å². The normalized spacial score (nSPS) is 10.1. The zero-order valence-electron chi connectivity index (χ0n) is 8.51. The zero-order chi connectivity index (χ0) is 11.5. The minimum atomic E-state index is -0.269. The van der Waals surface area contributed by atoms with Gasteiger partial charge in [0.25, 0.3) is 5.91 Å². The third-order valence-electron chi connectivity index (χ3n) is 2.08. The molecule has 6 heteroatoms. The van der Waals surface area contributed by atoms with Crippen LogP contribution in [0.4, 0.5) is 5.69 Å². The molecule has 0 spiro atoms. The quantitative estimate of drug-likeness (QED) is 0.864. The molecule has 0 saturated heterocycles. The predicted molar refractivity (Wildman–Crippen MR) is 60.4 cm³/mol. The van der Waals surface area contributed by atoms with Crippen LogP contribution in [0.3, 0.4) is 0 Å². The van der Waals surface area contributed by atoms with Crippen molar-refractivity contribution in [2.75, 3.05) is 5.32 Å². The van der Waals surface area contributed by atoms with Gasteiger partial charge in [-0.15, -0.1) is 0 Å². The fourth-order valence-electron chi connectivity index (χ4n) is 1.23. The van der Waals surface area contributed by atoms with Gasteiger partial charge in [0.2, 0.25) is 5.28 Å². The summed E-state index contributed by atoms with van der Waals surface area (Å²) in [6.45, 7) is 0. The largest absolute Gasteiger partial charge is 0.319 e. The van der Waals surface area contributed by atoms with Crippen LogP contribution < -0.4 is 5.32 Å². The van der Waals surface area contributed by atoms with E-state index in [1.807, 2.05) is 0 Å². The van der Waals surface area contributed by atoms with Crippen molar-refractivity contribution in [2.24, 2.45) is 7.05 Å². The molecule has 2 aromatic rings. The Hall–Kier alpha value is -1.88. The lowest BCUT2D eigenvalue weighted by molar-refractivity contribution is 0.101. The van der Waals surface area contributed by atoms with Crippen molar-refractivity contribution >= 4 is 23.2 Å². The third-order valence-corrected chi connectivity index (χ3v) is 2.43. The van der Waals surface area contributed by atoms with Gasteiger partial charge < -0.3 is 9.88 Å². The number of hydrogen-bond acceptors (Lipinski definition) is 3. The SMILES string of the molecule is Cn1c(C(=O)Nc2cccnc2)cnc1Cl. The smallest absolute Gasteiger partial charge is 0.274 e. The molecule has 2 rings (SSSR count). The first kappa shape index (κ1) is 10.6. The molecule has 0 fully saturated rings. The number of aromatic nitrogens is 3. The first-order chi connectivity index (χ1) is 7.68. The second-order valence-corrected chi connectivity index (χ2v) is 3.51. The molecule has 0 saturated carbocycles. The van der Waals surface area contributed by atoms with Gasteiger partial charge in [0.05, 0.1) is 18.1 Å². The summed E-state index contributed by atoms with van der Waals surface area (Å²) < 4.78 is 1.51. The molecule has 0 aliphatic carbocycles. The minimum absolute atomic E-state index is 0.269. The monoisotopic (exact) mass is 236 g/mol. The maximum absolute atomic E-state index is 11.8. The van der Waals surface area contributed by atoms with E-state index < -0.39 is 0 Å². The second-order valence-electron chi connectivity index (χ2n) is 3.17. The van der Waals surface area contributed by atoms with E-state index in [-0.39, 0.29) is 11.2 Å². The van der Waals surface area contributed by atoms with Crippen LogP contribution in [-0.2, 0) is 7.05 Å². The Bertz CT molecular complexity index is 509. The number of carbonyl (C=O) groups is 1. The summed E-state index contributed by atoms with van der Waals surface area (Å²) in [5, 5.41) is 2.97. The summed E-state index contributed by atoms with van der Waals surface area (Å²) in [4.78, 5) is 19.5. The third kappa shape index (κ3) is 2.04. The van der Waals surface area contributed by atoms with Crippen LogP contribution in [0.25, 0.3) is 0 Å². The van der Waals surface area contributed by atoms with Gasteiger partial charge in [0.15, 0.2) is 0 Å². The predicted octanol–water partition coefficient (Wildman–Crippen LogP) is 1.72. The van der Waals surface area contributed by atoms with Crippen molar-refractivity contribution < 1.29 is 4.79 Å². The van der Waals surface area contributed by atoms with Crippen molar-refractivity contribution in [1.82, 2.24) is 14.5 Å². The molecule has 1 N–H and O–H groups in total. The Labute approximate surface area is 97.1 Å². The molecule has 2 aromatic heterocycles. The standard InChI is InChI=1S/C10H9ClN4O/c1-15-8(6-13-10(15)11)9(16)14-7-3-2-4-12-5-7/h2-6H,1H3,(H,14,16). The van der Waals surface area contributed by atoms with Crippen LogP contribution >= 0.6 is 11.6 Å². The highest BCUT2D eigenvalue weighted by molar-refractivity contribution is 6.28. The average molecular weight is 237 g/mol. The average Bonchev–Trinajstić information content (AvgIpc) is 2.61. The van der Waals surface area contributed by atoms with Crippen molar-refractivity contribution in [2.45, 2.75) is 0 Å². The Balaban J connectivity index is 2.18. The molecule has 0 radical (unpaired) electrons. The molecule has 5 nitrogen and oxygen atoms in total. The van der Waals surface area contributed by atoms with Gasteiger partial charge in [-0.25, -0.2) is 4.98 Å². The highest BCUT2D eigenvalue weighted by Crippen LogP contribution is 2.11. The number of imidazole rings is 1. The molecule has 0 unspecified atom stereocenters. The van der Waals surface area contributed by atoms with E-state index in [9.17, 15) is 4.79 Å². The summed E-state index contributed by atoms with van der Waals surface area (Å²) in [5.41, 5.74) is 1.03. The van der Waals surface area contributed by atoms with E-state index in [1.54, 1.807) is 31.6 Å². The van der Waals surface area contributed by atoms with Crippen molar-refractivity contribution in [3.05, 3.63) is 41.7 Å². The van der Waals surface area contributed by atoms with Gasteiger partial charge in [-0.05, 0) is 23.7 Å². The number of rotatable bonds is 2. The summed E-state index contributed by atoms with van der Waals surface area (Å²) in [5.74, 6) is -0.269. The number of nitrogens with one attached hydrogen (secondary N) is 1. The number of amides is 1. The molecular formula is C10H9ClN4O. The minimum Gasteiger partial charge on any atom is -0.319 e. The summed E-state index contributed by atoms with van der Waals surface area (Å²) in [6.07, 6.45) is 4.63. The lowest BCUT2D eigenvalue weighted by atomic mass is 10.4. The van der Waals surface area contributed by atoms with Crippen LogP contribution in [0, 0.1) is 0 Å². The second kappa shape index (κ2) is 4.32. The van der Waals surface area contributed by atoms with E-state index in [0.29, 0.717) is 11.4 Å². The van der Waals surface area contributed by atoms with E-state index in [1.165, 1.54) is 10.8 Å². The first-order valence-electron chi connectivity index (χ1n) is 4.57. The van der Waals surface area contributed by atoms with Crippen LogP contribution in [0.1, 0.15) is 10.5 Å². The molecule has 0 aliphatic rings. The molecule has 1 amide bonds. The van der Waals surface area contributed by atoms with Crippen LogP contribution in [0.15, 0.2) is 30.7 Å². The highest BCUT2D eigenvalue weighted by atomic mass is 35.5. The summed E-state index contributed by atoms with van der Waals surface area (Å²) in [6, 6.07) is 3.49. The molecule has 0 aromatic carbocycles. The van der Waals surface area contributed by atoms with E-state index in [2.05, 4.69) is 15.3 Å². The van der Waals surface area contributed by atoms with Crippen molar-refractivity contribution in [1.29, 1.82) is 0 Å². The molecule has 0 aliphatic heterocycles. The Kier molecular flexibility index (Phi) is 2.87.